The Kier molecular flexibility index (Phi) is 10.6. The molecular weight excluding hydrogens is 626 g/mol. The number of hydrogen-bond acceptors (Lipinski definition) is 5. The molecule has 3 aromatic rings. The van der Waals surface area contributed by atoms with Crippen LogP contribution in [0.15, 0.2) is 60.7 Å². The van der Waals surface area contributed by atoms with Crippen molar-refractivity contribution < 1.29 is 17.9 Å². The number of benzene rings is 3. The number of nitrogens with zero attached hydrogens (tertiary/aromatic N) is 2. The van der Waals surface area contributed by atoms with Crippen LogP contribution in [0.2, 0.25) is 20.1 Å². The van der Waals surface area contributed by atoms with Crippen molar-refractivity contribution in [2.45, 2.75) is 25.7 Å². The number of ether oxygens (including phenoxy) is 2. The van der Waals surface area contributed by atoms with E-state index in [0.29, 0.717) is 49.8 Å². The normalized spacial score (nSPS) is 19.6. The Morgan fingerprint density at radius 2 is 1.44 bits per heavy atom. The zero-order chi connectivity index (χ0) is 29.8. The number of likely N-dealkylation sites (tertiary alicyclic amines) is 1. The summed E-state index contributed by atoms with van der Waals surface area (Å²) in [6, 6.07) is 18.2. The molecule has 6 nitrogen and oxygen atoms in total. The topological polar surface area (TPSA) is 59.1 Å². The maximum Gasteiger partial charge on any atom is 0.232 e. The highest BCUT2D eigenvalue weighted by Gasteiger charge is 2.38. The predicted molar refractivity (Wildman–Crippen MR) is 170 cm³/mol. The van der Waals surface area contributed by atoms with Gasteiger partial charge in [0.25, 0.3) is 0 Å². The fourth-order valence-electron chi connectivity index (χ4n) is 5.20. The lowest BCUT2D eigenvalue weighted by Gasteiger charge is -2.45. The molecule has 1 aliphatic rings. The summed E-state index contributed by atoms with van der Waals surface area (Å²) in [7, 11) is -3.58. The molecule has 222 valence electrons. The van der Waals surface area contributed by atoms with Crippen molar-refractivity contribution >= 4 is 62.1 Å². The minimum Gasteiger partial charge on any atom is -0.489 e. The van der Waals surface area contributed by atoms with E-state index >= 15 is 0 Å². The fraction of sp³-hybridized carbons (Fsp3) is 0.400. The molecule has 3 aromatic carbocycles. The van der Waals surface area contributed by atoms with Crippen molar-refractivity contribution in [3.8, 4) is 11.5 Å². The molecular formula is C30H34Cl4N2O4S. The maximum absolute atomic E-state index is 12.8. The van der Waals surface area contributed by atoms with Crippen LogP contribution in [0.3, 0.4) is 0 Å². The molecule has 0 N–H and O–H groups in total. The molecule has 0 amide bonds. The molecule has 0 spiro atoms. The van der Waals surface area contributed by atoms with Crippen LogP contribution >= 0.6 is 46.4 Å². The molecule has 0 aromatic heterocycles. The molecule has 41 heavy (non-hydrogen) atoms. The third-order valence-electron chi connectivity index (χ3n) is 7.79. The zero-order valence-electron chi connectivity index (χ0n) is 23.2. The van der Waals surface area contributed by atoms with Gasteiger partial charge in [0.15, 0.2) is 11.5 Å². The van der Waals surface area contributed by atoms with Gasteiger partial charge in [0.05, 0.1) is 38.6 Å². The highest BCUT2D eigenvalue weighted by atomic mass is 35.5. The molecule has 1 aliphatic heterocycles. The smallest absolute Gasteiger partial charge is 0.232 e. The van der Waals surface area contributed by atoms with Crippen LogP contribution in [0.25, 0.3) is 0 Å². The van der Waals surface area contributed by atoms with Crippen LogP contribution in [-0.2, 0) is 15.4 Å². The van der Waals surface area contributed by atoms with E-state index < -0.39 is 10.0 Å². The lowest BCUT2D eigenvalue weighted by atomic mass is 9.68. The Labute approximate surface area is 263 Å². The SMILES string of the molecule is CC1CN(CCOc2c(Cl)cccc2Cl)CCC1(C)c1cccc(N(CCOc2c(Cl)cccc2Cl)S(C)(=O)=O)c1. The number of para-hydroxylation sites is 2. The van der Waals surface area contributed by atoms with Gasteiger partial charge < -0.3 is 9.47 Å². The quantitative estimate of drug-likeness (QED) is 0.210. The summed E-state index contributed by atoms with van der Waals surface area (Å²) in [5.41, 5.74) is 1.56. The highest BCUT2D eigenvalue weighted by Crippen LogP contribution is 2.41. The van der Waals surface area contributed by atoms with Gasteiger partial charge in [0.2, 0.25) is 10.0 Å². The van der Waals surface area contributed by atoms with Gasteiger partial charge in [0, 0.05) is 13.1 Å². The van der Waals surface area contributed by atoms with Crippen molar-refractivity contribution in [2.75, 3.05) is 50.0 Å². The van der Waals surface area contributed by atoms with E-state index in [9.17, 15) is 8.42 Å². The molecule has 11 heteroatoms. The summed E-state index contributed by atoms with van der Waals surface area (Å²) >= 11 is 24.9. The van der Waals surface area contributed by atoms with Gasteiger partial charge in [-0.25, -0.2) is 8.42 Å². The number of halogens is 4. The monoisotopic (exact) mass is 658 g/mol. The van der Waals surface area contributed by atoms with Crippen molar-refractivity contribution in [1.82, 2.24) is 4.90 Å². The Hall–Kier alpha value is -1.87. The van der Waals surface area contributed by atoms with Gasteiger partial charge in [0.1, 0.15) is 13.2 Å². The van der Waals surface area contributed by atoms with E-state index in [-0.39, 0.29) is 18.6 Å². The number of sulfonamides is 1. The molecule has 0 bridgehead atoms. The van der Waals surface area contributed by atoms with E-state index in [1.165, 1.54) is 10.6 Å². The number of piperidine rings is 1. The molecule has 4 rings (SSSR count). The van der Waals surface area contributed by atoms with Crippen LogP contribution in [0.1, 0.15) is 25.8 Å². The second-order valence-corrected chi connectivity index (χ2v) is 14.1. The lowest BCUT2D eigenvalue weighted by molar-refractivity contribution is 0.0971. The van der Waals surface area contributed by atoms with Gasteiger partial charge in [-0.1, -0.05) is 84.5 Å². The molecule has 1 saturated heterocycles. The summed E-state index contributed by atoms with van der Waals surface area (Å²) in [5, 5.41) is 1.74. The first-order valence-electron chi connectivity index (χ1n) is 13.3. The van der Waals surface area contributed by atoms with Gasteiger partial charge in [-0.3, -0.25) is 9.21 Å². The van der Waals surface area contributed by atoms with Crippen LogP contribution in [0.4, 0.5) is 5.69 Å². The van der Waals surface area contributed by atoms with Crippen LogP contribution < -0.4 is 13.8 Å². The van der Waals surface area contributed by atoms with Crippen molar-refractivity contribution in [3.63, 3.8) is 0 Å². The molecule has 1 fully saturated rings. The van der Waals surface area contributed by atoms with E-state index in [1.807, 2.05) is 18.2 Å². The minimum absolute atomic E-state index is 0.0882. The standard InChI is InChI=1S/C30H34Cl4N2O4S/c1-21-20-35(15-17-39-28-24(31)9-5-10-25(28)32)14-13-30(21,2)22-7-4-8-23(19-22)36(41(3,37)38)16-18-40-29-26(33)11-6-12-27(29)34/h4-12,19,21H,13-18,20H2,1-3H3. The van der Waals surface area contributed by atoms with Crippen LogP contribution in [0, 0.1) is 5.92 Å². The highest BCUT2D eigenvalue weighted by molar-refractivity contribution is 7.92. The number of rotatable bonds is 11. The van der Waals surface area contributed by atoms with Gasteiger partial charge >= 0.3 is 0 Å². The van der Waals surface area contributed by atoms with Crippen molar-refractivity contribution in [3.05, 3.63) is 86.3 Å². The molecule has 0 aliphatic carbocycles. The third-order valence-corrected chi connectivity index (χ3v) is 10.2. The largest absolute Gasteiger partial charge is 0.489 e. The minimum atomic E-state index is -3.58. The summed E-state index contributed by atoms with van der Waals surface area (Å²) in [4.78, 5) is 2.38. The Morgan fingerprint density at radius 3 is 1.98 bits per heavy atom. The average molecular weight is 660 g/mol. The van der Waals surface area contributed by atoms with Crippen molar-refractivity contribution in [2.24, 2.45) is 5.92 Å². The average Bonchev–Trinajstić information content (AvgIpc) is 2.91. The maximum atomic E-state index is 12.8. The molecule has 0 saturated carbocycles. The third kappa shape index (κ3) is 7.75. The summed E-state index contributed by atoms with van der Waals surface area (Å²) < 4.78 is 38.7. The summed E-state index contributed by atoms with van der Waals surface area (Å²) in [6.07, 6.45) is 2.11. The van der Waals surface area contributed by atoms with E-state index in [1.54, 1.807) is 36.4 Å². The molecule has 1 heterocycles. The van der Waals surface area contributed by atoms with Crippen molar-refractivity contribution in [1.29, 1.82) is 0 Å². The second kappa shape index (κ2) is 13.6. The predicted octanol–water partition coefficient (Wildman–Crippen LogP) is 7.82. The van der Waals surface area contributed by atoms with E-state index in [2.05, 4.69) is 24.8 Å². The Balaban J connectivity index is 1.42. The Morgan fingerprint density at radius 1 is 0.902 bits per heavy atom. The van der Waals surface area contributed by atoms with Gasteiger partial charge in [-0.05, 0) is 66.3 Å². The fourth-order valence-corrected chi connectivity index (χ4v) is 7.12. The first-order valence-corrected chi connectivity index (χ1v) is 16.7. The zero-order valence-corrected chi connectivity index (χ0v) is 27.1. The molecule has 0 radical (unpaired) electrons. The van der Waals surface area contributed by atoms with Gasteiger partial charge in [-0.15, -0.1) is 0 Å². The molecule has 2 atom stereocenters. The van der Waals surface area contributed by atoms with Gasteiger partial charge in [-0.2, -0.15) is 0 Å². The van der Waals surface area contributed by atoms with Crippen LogP contribution in [-0.4, -0.2) is 59.0 Å². The number of anilines is 1. The summed E-state index contributed by atoms with van der Waals surface area (Å²) in [6.45, 7) is 7.67. The van der Waals surface area contributed by atoms with E-state index in [4.69, 9.17) is 55.9 Å². The lowest BCUT2D eigenvalue weighted by Crippen LogP contribution is -2.48. The Bertz CT molecular complexity index is 1430. The molecule has 2 unspecified atom stereocenters. The first kappa shape index (κ1) is 32.1. The first-order chi connectivity index (χ1) is 19.4. The summed E-state index contributed by atoms with van der Waals surface area (Å²) in [5.74, 6) is 1.16. The second-order valence-electron chi connectivity index (χ2n) is 10.6. The van der Waals surface area contributed by atoms with Crippen LogP contribution in [0.5, 0.6) is 11.5 Å². The number of hydrogen-bond donors (Lipinski definition) is 0. The van der Waals surface area contributed by atoms with E-state index in [0.717, 1.165) is 31.6 Å².